The monoisotopic (exact) mass is 301 g/mol. The average Bonchev–Trinajstić information content (AvgIpc) is 2.43. The minimum Gasteiger partial charge on any atom is -0.381 e. The van der Waals surface area contributed by atoms with Crippen LogP contribution in [0.2, 0.25) is 0 Å². The Kier molecular flexibility index (Phi) is 12.9. The van der Waals surface area contributed by atoms with Gasteiger partial charge in [-0.15, -0.1) is 0 Å². The van der Waals surface area contributed by atoms with E-state index in [9.17, 15) is 4.79 Å². The second-order valence-electron chi connectivity index (χ2n) is 6.60. The molecule has 0 aliphatic rings. The number of hydrogen-bond donors (Lipinski definition) is 1. The quantitative estimate of drug-likeness (QED) is 0.373. The third kappa shape index (κ3) is 15.8. The van der Waals surface area contributed by atoms with E-state index in [4.69, 9.17) is 9.47 Å². The van der Waals surface area contributed by atoms with Crippen LogP contribution in [0.15, 0.2) is 0 Å². The van der Waals surface area contributed by atoms with Crippen LogP contribution in [-0.2, 0) is 14.3 Å². The van der Waals surface area contributed by atoms with Gasteiger partial charge in [-0.3, -0.25) is 0 Å². The second kappa shape index (κ2) is 13.2. The van der Waals surface area contributed by atoms with Gasteiger partial charge in [0.25, 0.3) is 0 Å². The number of aldehydes is 1. The number of rotatable bonds is 15. The number of nitrogens with one attached hydrogen (secondary N) is 1. The van der Waals surface area contributed by atoms with Gasteiger partial charge in [-0.05, 0) is 38.6 Å². The summed E-state index contributed by atoms with van der Waals surface area (Å²) in [7, 11) is 0. The van der Waals surface area contributed by atoms with Gasteiger partial charge in [0.2, 0.25) is 0 Å². The van der Waals surface area contributed by atoms with Crippen molar-refractivity contribution in [3.05, 3.63) is 0 Å². The molecule has 0 amide bonds. The zero-order valence-electron chi connectivity index (χ0n) is 14.5. The van der Waals surface area contributed by atoms with Gasteiger partial charge in [0.1, 0.15) is 6.29 Å². The first kappa shape index (κ1) is 20.6. The van der Waals surface area contributed by atoms with Gasteiger partial charge < -0.3 is 19.6 Å². The summed E-state index contributed by atoms with van der Waals surface area (Å²) in [4.78, 5) is 10.7. The Bertz CT molecular complexity index is 242. The molecule has 0 bridgehead atoms. The Labute approximate surface area is 131 Å². The molecule has 4 heteroatoms. The summed E-state index contributed by atoms with van der Waals surface area (Å²) in [6, 6.07) is 0.582. The van der Waals surface area contributed by atoms with Crippen molar-refractivity contribution in [1.82, 2.24) is 5.32 Å². The molecule has 0 heterocycles. The molecule has 0 spiro atoms. The van der Waals surface area contributed by atoms with E-state index in [1.165, 1.54) is 12.8 Å². The van der Waals surface area contributed by atoms with Gasteiger partial charge in [0, 0.05) is 37.9 Å². The lowest BCUT2D eigenvalue weighted by molar-refractivity contribution is -0.115. The molecule has 0 rings (SSSR count). The third-order valence-electron chi connectivity index (χ3n) is 3.31. The summed E-state index contributed by atoms with van der Waals surface area (Å²) in [6.45, 7) is 12.3. The van der Waals surface area contributed by atoms with E-state index in [0.29, 0.717) is 19.3 Å². The van der Waals surface area contributed by atoms with Crippen LogP contribution >= 0.6 is 0 Å². The molecule has 4 nitrogen and oxygen atoms in total. The molecule has 0 aromatic rings. The molecular formula is C17H35NO3. The van der Waals surface area contributed by atoms with Gasteiger partial charge in [0.05, 0.1) is 0 Å². The zero-order valence-corrected chi connectivity index (χ0v) is 14.5. The second-order valence-corrected chi connectivity index (χ2v) is 6.60. The van der Waals surface area contributed by atoms with Crippen LogP contribution in [0.5, 0.6) is 0 Å². The SMILES string of the molecule is CC(C)NCCCCCOCCCOCCC(C)(C)C=O. The maximum Gasteiger partial charge on any atom is 0.125 e. The Hall–Kier alpha value is -0.450. The Balaban J connectivity index is 3.11. The molecule has 0 fully saturated rings. The van der Waals surface area contributed by atoms with E-state index in [-0.39, 0.29) is 5.41 Å². The fraction of sp³-hybridized carbons (Fsp3) is 0.941. The molecule has 1 N–H and O–H groups in total. The number of unbranched alkanes of at least 4 members (excludes halogenated alkanes) is 2. The number of carbonyl (C=O) groups excluding carboxylic acids is 1. The van der Waals surface area contributed by atoms with Crippen LogP contribution in [0.4, 0.5) is 0 Å². The summed E-state index contributed by atoms with van der Waals surface area (Å²) in [5, 5.41) is 3.41. The highest BCUT2D eigenvalue weighted by atomic mass is 16.5. The van der Waals surface area contributed by atoms with Crippen LogP contribution in [0.25, 0.3) is 0 Å². The molecule has 126 valence electrons. The van der Waals surface area contributed by atoms with Gasteiger partial charge in [-0.1, -0.05) is 27.7 Å². The van der Waals surface area contributed by atoms with E-state index < -0.39 is 0 Å². The lowest BCUT2D eigenvalue weighted by Gasteiger charge is -2.16. The largest absolute Gasteiger partial charge is 0.381 e. The number of carbonyl (C=O) groups is 1. The molecule has 21 heavy (non-hydrogen) atoms. The fourth-order valence-corrected chi connectivity index (χ4v) is 1.76. The number of hydrogen-bond acceptors (Lipinski definition) is 4. The van der Waals surface area contributed by atoms with Crippen molar-refractivity contribution in [1.29, 1.82) is 0 Å². The van der Waals surface area contributed by atoms with Crippen molar-refractivity contribution in [3.8, 4) is 0 Å². The lowest BCUT2D eigenvalue weighted by Crippen LogP contribution is -2.23. The highest BCUT2D eigenvalue weighted by Gasteiger charge is 2.15. The molecule has 0 atom stereocenters. The van der Waals surface area contributed by atoms with Crippen LogP contribution in [0, 0.1) is 5.41 Å². The van der Waals surface area contributed by atoms with E-state index in [0.717, 1.165) is 45.3 Å². The maximum atomic E-state index is 10.7. The summed E-state index contributed by atoms with van der Waals surface area (Å²) >= 11 is 0. The molecule has 0 saturated heterocycles. The standard InChI is InChI=1S/C17H35NO3/c1-16(2)18-10-6-5-7-11-20-12-8-13-21-14-9-17(3,4)15-19/h15-16,18H,5-14H2,1-4H3. The summed E-state index contributed by atoms with van der Waals surface area (Å²) in [5.74, 6) is 0. The maximum absolute atomic E-state index is 10.7. The third-order valence-corrected chi connectivity index (χ3v) is 3.31. The lowest BCUT2D eigenvalue weighted by atomic mass is 9.92. The molecule has 0 radical (unpaired) electrons. The normalized spacial score (nSPS) is 12.0. The topological polar surface area (TPSA) is 47.6 Å². The molecular weight excluding hydrogens is 266 g/mol. The summed E-state index contributed by atoms with van der Waals surface area (Å²) in [6.07, 6.45) is 6.27. The average molecular weight is 301 g/mol. The molecule has 0 aliphatic heterocycles. The zero-order chi connectivity index (χ0) is 16.0. The van der Waals surface area contributed by atoms with E-state index in [1.807, 2.05) is 13.8 Å². The van der Waals surface area contributed by atoms with Crippen molar-refractivity contribution in [2.75, 3.05) is 33.0 Å². The highest BCUT2D eigenvalue weighted by Crippen LogP contribution is 2.15. The minimum atomic E-state index is -0.263. The van der Waals surface area contributed by atoms with Gasteiger partial charge in [0.15, 0.2) is 0 Å². The van der Waals surface area contributed by atoms with Crippen molar-refractivity contribution < 1.29 is 14.3 Å². The summed E-state index contributed by atoms with van der Waals surface area (Å²) in [5.41, 5.74) is -0.263. The van der Waals surface area contributed by atoms with E-state index in [2.05, 4.69) is 19.2 Å². The highest BCUT2D eigenvalue weighted by molar-refractivity contribution is 5.57. The van der Waals surface area contributed by atoms with Crippen molar-refractivity contribution in [2.24, 2.45) is 5.41 Å². The van der Waals surface area contributed by atoms with Crippen molar-refractivity contribution >= 4 is 6.29 Å². The van der Waals surface area contributed by atoms with E-state index in [1.54, 1.807) is 0 Å². The van der Waals surface area contributed by atoms with Gasteiger partial charge >= 0.3 is 0 Å². The van der Waals surface area contributed by atoms with Gasteiger partial charge in [-0.2, -0.15) is 0 Å². The number of ether oxygens (including phenoxy) is 2. The van der Waals surface area contributed by atoms with Gasteiger partial charge in [-0.25, -0.2) is 0 Å². The van der Waals surface area contributed by atoms with Crippen LogP contribution in [0.3, 0.4) is 0 Å². The first-order chi connectivity index (χ1) is 9.98. The van der Waals surface area contributed by atoms with Crippen molar-refractivity contribution in [2.45, 2.75) is 65.8 Å². The Morgan fingerprint density at radius 3 is 2.19 bits per heavy atom. The van der Waals surface area contributed by atoms with E-state index >= 15 is 0 Å². The molecule has 0 aromatic heterocycles. The molecule has 0 aliphatic carbocycles. The molecule has 0 unspecified atom stereocenters. The molecule has 0 aromatic carbocycles. The first-order valence-corrected chi connectivity index (χ1v) is 8.33. The Morgan fingerprint density at radius 1 is 0.952 bits per heavy atom. The predicted octanol–water partition coefficient (Wildman–Crippen LogP) is 3.19. The minimum absolute atomic E-state index is 0.263. The fourth-order valence-electron chi connectivity index (χ4n) is 1.76. The Morgan fingerprint density at radius 2 is 1.57 bits per heavy atom. The van der Waals surface area contributed by atoms with Crippen molar-refractivity contribution in [3.63, 3.8) is 0 Å². The van der Waals surface area contributed by atoms with Crippen LogP contribution in [0.1, 0.15) is 59.8 Å². The van der Waals surface area contributed by atoms with Crippen LogP contribution in [-0.4, -0.2) is 45.3 Å². The predicted molar refractivity (Wildman–Crippen MR) is 87.7 cm³/mol. The molecule has 0 saturated carbocycles. The first-order valence-electron chi connectivity index (χ1n) is 8.33. The smallest absolute Gasteiger partial charge is 0.125 e. The summed E-state index contributed by atoms with van der Waals surface area (Å²) < 4.78 is 11.1. The van der Waals surface area contributed by atoms with Crippen LogP contribution < -0.4 is 5.32 Å².